The monoisotopic (exact) mass is 254 g/mol. The standard InChI is InChI=1S/C16H14O3/c1-12(14-9-7-13(11-17)8-10-14)19-16(18)15-5-3-2-4-6-15/h2-12H,1H3. The van der Waals surface area contributed by atoms with Crippen LogP contribution in [0.3, 0.4) is 0 Å². The third-order valence-electron chi connectivity index (χ3n) is 2.84. The van der Waals surface area contributed by atoms with Gasteiger partial charge in [0, 0.05) is 5.56 Å². The van der Waals surface area contributed by atoms with Gasteiger partial charge in [-0.15, -0.1) is 0 Å². The molecule has 0 aliphatic heterocycles. The highest BCUT2D eigenvalue weighted by Gasteiger charge is 2.13. The molecule has 0 amide bonds. The lowest BCUT2D eigenvalue weighted by atomic mass is 10.1. The fourth-order valence-corrected chi connectivity index (χ4v) is 1.72. The zero-order chi connectivity index (χ0) is 13.7. The predicted molar refractivity (Wildman–Crippen MR) is 72.1 cm³/mol. The van der Waals surface area contributed by atoms with Crippen LogP contribution in [0.15, 0.2) is 54.6 Å². The molecule has 0 aliphatic rings. The van der Waals surface area contributed by atoms with Crippen LogP contribution >= 0.6 is 0 Å². The maximum Gasteiger partial charge on any atom is 0.338 e. The molecule has 0 aliphatic carbocycles. The first-order valence-corrected chi connectivity index (χ1v) is 6.02. The van der Waals surface area contributed by atoms with Crippen LogP contribution in [0.1, 0.15) is 39.3 Å². The summed E-state index contributed by atoms with van der Waals surface area (Å²) in [5, 5.41) is 0. The molecule has 0 aromatic heterocycles. The van der Waals surface area contributed by atoms with Crippen LogP contribution in [-0.2, 0) is 4.74 Å². The number of rotatable bonds is 4. The van der Waals surface area contributed by atoms with E-state index in [0.29, 0.717) is 11.1 Å². The number of esters is 1. The van der Waals surface area contributed by atoms with Crippen LogP contribution < -0.4 is 0 Å². The summed E-state index contributed by atoms with van der Waals surface area (Å²) in [5.41, 5.74) is 1.99. The van der Waals surface area contributed by atoms with E-state index >= 15 is 0 Å². The predicted octanol–water partition coefficient (Wildman–Crippen LogP) is 3.42. The van der Waals surface area contributed by atoms with Gasteiger partial charge in [-0.1, -0.05) is 42.5 Å². The minimum Gasteiger partial charge on any atom is -0.454 e. The van der Waals surface area contributed by atoms with E-state index in [1.165, 1.54) is 0 Å². The van der Waals surface area contributed by atoms with Crippen LogP contribution in [0.5, 0.6) is 0 Å². The molecular weight excluding hydrogens is 240 g/mol. The molecule has 0 N–H and O–H groups in total. The first kappa shape index (κ1) is 13.0. The molecule has 0 fully saturated rings. The smallest absolute Gasteiger partial charge is 0.338 e. The van der Waals surface area contributed by atoms with E-state index in [0.717, 1.165) is 11.8 Å². The van der Waals surface area contributed by atoms with E-state index in [9.17, 15) is 9.59 Å². The van der Waals surface area contributed by atoms with Gasteiger partial charge in [0.05, 0.1) is 5.56 Å². The van der Waals surface area contributed by atoms with Crippen molar-refractivity contribution in [2.24, 2.45) is 0 Å². The second-order valence-electron chi connectivity index (χ2n) is 4.20. The van der Waals surface area contributed by atoms with E-state index in [-0.39, 0.29) is 12.1 Å². The average Bonchev–Trinajstić information content (AvgIpc) is 2.48. The Labute approximate surface area is 111 Å². The normalized spacial score (nSPS) is 11.6. The summed E-state index contributed by atoms with van der Waals surface area (Å²) in [5.74, 6) is -0.354. The summed E-state index contributed by atoms with van der Waals surface area (Å²) in [6.07, 6.45) is 0.429. The van der Waals surface area contributed by atoms with E-state index in [2.05, 4.69) is 0 Å². The van der Waals surface area contributed by atoms with Gasteiger partial charge in [-0.2, -0.15) is 0 Å². The molecule has 1 unspecified atom stereocenters. The average molecular weight is 254 g/mol. The molecule has 19 heavy (non-hydrogen) atoms. The Morgan fingerprint density at radius 3 is 2.26 bits per heavy atom. The molecule has 0 saturated heterocycles. The van der Waals surface area contributed by atoms with Crippen LogP contribution in [-0.4, -0.2) is 12.3 Å². The lowest BCUT2D eigenvalue weighted by molar-refractivity contribution is 0.0337. The van der Waals surface area contributed by atoms with Crippen molar-refractivity contribution in [1.82, 2.24) is 0 Å². The maximum absolute atomic E-state index is 11.9. The lowest BCUT2D eigenvalue weighted by Crippen LogP contribution is -2.09. The highest BCUT2D eigenvalue weighted by molar-refractivity contribution is 5.89. The minimum atomic E-state index is -0.354. The van der Waals surface area contributed by atoms with Crippen LogP contribution in [0.4, 0.5) is 0 Å². The second-order valence-corrected chi connectivity index (χ2v) is 4.20. The third kappa shape index (κ3) is 3.28. The van der Waals surface area contributed by atoms with Crippen molar-refractivity contribution < 1.29 is 14.3 Å². The Bertz CT molecular complexity index is 558. The molecule has 0 heterocycles. The van der Waals surface area contributed by atoms with Gasteiger partial charge in [0.15, 0.2) is 0 Å². The van der Waals surface area contributed by atoms with Gasteiger partial charge >= 0.3 is 5.97 Å². The van der Waals surface area contributed by atoms with E-state index in [4.69, 9.17) is 4.74 Å². The van der Waals surface area contributed by atoms with Crippen molar-refractivity contribution in [2.45, 2.75) is 13.0 Å². The Morgan fingerprint density at radius 1 is 1.05 bits per heavy atom. The van der Waals surface area contributed by atoms with Gasteiger partial charge < -0.3 is 4.74 Å². The van der Waals surface area contributed by atoms with Crippen molar-refractivity contribution in [1.29, 1.82) is 0 Å². The largest absolute Gasteiger partial charge is 0.454 e. The van der Waals surface area contributed by atoms with Crippen LogP contribution in [0.2, 0.25) is 0 Å². The molecule has 96 valence electrons. The van der Waals surface area contributed by atoms with Gasteiger partial charge in [0.2, 0.25) is 0 Å². The zero-order valence-corrected chi connectivity index (χ0v) is 10.6. The lowest BCUT2D eigenvalue weighted by Gasteiger charge is -2.13. The van der Waals surface area contributed by atoms with Crippen LogP contribution in [0.25, 0.3) is 0 Å². The number of carbonyl (C=O) groups excluding carboxylic acids is 2. The fraction of sp³-hybridized carbons (Fsp3) is 0.125. The zero-order valence-electron chi connectivity index (χ0n) is 10.6. The minimum absolute atomic E-state index is 0.353. The number of ether oxygens (including phenoxy) is 1. The summed E-state index contributed by atoms with van der Waals surface area (Å²) < 4.78 is 5.37. The topological polar surface area (TPSA) is 43.4 Å². The molecule has 1 atom stereocenters. The second kappa shape index (κ2) is 5.96. The van der Waals surface area contributed by atoms with Crippen molar-refractivity contribution in [2.75, 3.05) is 0 Å². The first-order chi connectivity index (χ1) is 9.20. The summed E-state index contributed by atoms with van der Waals surface area (Å²) in [7, 11) is 0. The van der Waals surface area contributed by atoms with Gasteiger partial charge in [-0.3, -0.25) is 4.79 Å². The SMILES string of the molecule is CC(OC(=O)c1ccccc1)c1ccc(C=O)cc1. The molecule has 2 rings (SSSR count). The molecule has 0 spiro atoms. The molecule has 0 saturated carbocycles. The number of hydrogen-bond acceptors (Lipinski definition) is 3. The van der Waals surface area contributed by atoms with Gasteiger partial charge in [-0.25, -0.2) is 4.79 Å². The van der Waals surface area contributed by atoms with Crippen molar-refractivity contribution in [3.63, 3.8) is 0 Å². The fourth-order valence-electron chi connectivity index (χ4n) is 1.72. The number of benzene rings is 2. The van der Waals surface area contributed by atoms with Crippen molar-refractivity contribution in [3.05, 3.63) is 71.3 Å². The summed E-state index contributed by atoms with van der Waals surface area (Å²) in [6, 6.07) is 15.8. The van der Waals surface area contributed by atoms with Gasteiger partial charge in [0.25, 0.3) is 0 Å². The number of aldehydes is 1. The maximum atomic E-state index is 11.9. The highest BCUT2D eigenvalue weighted by Crippen LogP contribution is 2.18. The first-order valence-electron chi connectivity index (χ1n) is 6.02. The molecule has 3 heteroatoms. The van der Waals surface area contributed by atoms with Gasteiger partial charge in [-0.05, 0) is 24.6 Å². The Hall–Kier alpha value is -2.42. The van der Waals surface area contributed by atoms with E-state index in [1.807, 2.05) is 6.07 Å². The molecule has 2 aromatic rings. The van der Waals surface area contributed by atoms with Crippen LogP contribution in [0, 0.1) is 0 Å². The third-order valence-corrected chi connectivity index (χ3v) is 2.84. The quantitative estimate of drug-likeness (QED) is 0.620. The van der Waals surface area contributed by atoms with Crippen molar-refractivity contribution in [3.8, 4) is 0 Å². The van der Waals surface area contributed by atoms with Crippen molar-refractivity contribution >= 4 is 12.3 Å². The van der Waals surface area contributed by atoms with E-state index < -0.39 is 0 Å². The summed E-state index contributed by atoms with van der Waals surface area (Å²) in [6.45, 7) is 1.80. The number of hydrogen-bond donors (Lipinski definition) is 0. The van der Waals surface area contributed by atoms with Gasteiger partial charge in [0.1, 0.15) is 12.4 Å². The molecular formula is C16H14O3. The molecule has 2 aromatic carbocycles. The molecule has 0 radical (unpaired) electrons. The molecule has 3 nitrogen and oxygen atoms in total. The van der Waals surface area contributed by atoms with E-state index in [1.54, 1.807) is 55.5 Å². The molecule has 0 bridgehead atoms. The summed E-state index contributed by atoms with van der Waals surface area (Å²) >= 11 is 0. The number of carbonyl (C=O) groups is 2. The Kier molecular flexibility index (Phi) is 4.08. The summed E-state index contributed by atoms with van der Waals surface area (Å²) in [4.78, 5) is 22.4. The Balaban J connectivity index is 2.06. The Morgan fingerprint density at radius 2 is 1.68 bits per heavy atom. The highest BCUT2D eigenvalue weighted by atomic mass is 16.5.